The SMILES string of the molecule is CCCC[c-]1cccc1.CCCC[c-]1cccc1.C[C](C)=[Zr+2].[Cl-].[Cl-]. The summed E-state index contributed by atoms with van der Waals surface area (Å²) in [6.45, 7) is 8.70. The number of rotatable bonds is 6. The molecule has 0 saturated carbocycles. The second kappa shape index (κ2) is 21.1. The van der Waals surface area contributed by atoms with Crippen LogP contribution in [0.2, 0.25) is 0 Å². The van der Waals surface area contributed by atoms with Crippen LogP contribution >= 0.6 is 0 Å². The molecule has 0 amide bonds. The minimum atomic E-state index is 0. The van der Waals surface area contributed by atoms with E-state index in [1.807, 2.05) is 0 Å². The van der Waals surface area contributed by atoms with Crippen LogP contribution < -0.4 is 24.8 Å². The van der Waals surface area contributed by atoms with Crippen molar-refractivity contribution in [3.63, 3.8) is 0 Å². The summed E-state index contributed by atoms with van der Waals surface area (Å²) in [7, 11) is 0. The smallest absolute Gasteiger partial charge is 1.00 e. The fourth-order valence-electron chi connectivity index (χ4n) is 1.92. The summed E-state index contributed by atoms with van der Waals surface area (Å²) in [6, 6.07) is 17.2. The molecule has 3 heteroatoms. The predicted octanol–water partition coefficient (Wildman–Crippen LogP) is 0.250. The van der Waals surface area contributed by atoms with Gasteiger partial charge in [-0.3, -0.25) is 0 Å². The Morgan fingerprint density at radius 3 is 1.17 bits per heavy atom. The molecule has 24 heavy (non-hydrogen) atoms. The summed E-state index contributed by atoms with van der Waals surface area (Å²) < 4.78 is 1.51. The van der Waals surface area contributed by atoms with Crippen LogP contribution in [0, 0.1) is 0 Å². The van der Waals surface area contributed by atoms with E-state index in [1.54, 1.807) is 24.2 Å². The van der Waals surface area contributed by atoms with Gasteiger partial charge in [-0.1, -0.05) is 52.4 Å². The van der Waals surface area contributed by atoms with Gasteiger partial charge in [-0.2, -0.15) is 35.4 Å². The Labute approximate surface area is 177 Å². The van der Waals surface area contributed by atoms with Crippen molar-refractivity contribution >= 4 is 3.21 Å². The molecule has 0 N–H and O–H groups in total. The summed E-state index contributed by atoms with van der Waals surface area (Å²) >= 11 is 1.55. The molecule has 0 spiro atoms. The molecule has 2 rings (SSSR count). The maximum Gasteiger partial charge on any atom is -1.00 e. The van der Waals surface area contributed by atoms with Gasteiger partial charge in [-0.05, 0) is 0 Å². The monoisotopic (exact) mass is 444 g/mol. The van der Waals surface area contributed by atoms with E-state index in [2.05, 4.69) is 76.2 Å². The third-order valence-electron chi connectivity index (χ3n) is 3.10. The topological polar surface area (TPSA) is 0 Å². The zero-order valence-corrected chi connectivity index (χ0v) is 19.6. The third kappa shape index (κ3) is 20.1. The molecule has 0 saturated heterocycles. The van der Waals surface area contributed by atoms with Crippen LogP contribution in [0.5, 0.6) is 0 Å². The van der Waals surface area contributed by atoms with Crippen molar-refractivity contribution in [1.29, 1.82) is 0 Å². The van der Waals surface area contributed by atoms with E-state index >= 15 is 0 Å². The van der Waals surface area contributed by atoms with Crippen molar-refractivity contribution < 1.29 is 49.0 Å². The van der Waals surface area contributed by atoms with Crippen LogP contribution in [-0.2, 0) is 37.1 Å². The van der Waals surface area contributed by atoms with Gasteiger partial charge in [0.1, 0.15) is 0 Å². The number of unbranched alkanes of at least 4 members (excludes halogenated alkanes) is 2. The van der Waals surface area contributed by atoms with E-state index in [0.29, 0.717) is 0 Å². The zero-order valence-electron chi connectivity index (χ0n) is 15.6. The van der Waals surface area contributed by atoms with E-state index in [1.165, 1.54) is 52.9 Å². The first-order valence-corrected chi connectivity index (χ1v) is 9.76. The molecular weight excluding hydrogens is 414 g/mol. The van der Waals surface area contributed by atoms with Gasteiger partial charge in [0.2, 0.25) is 0 Å². The van der Waals surface area contributed by atoms with Crippen LogP contribution in [0.15, 0.2) is 48.5 Å². The average molecular weight is 447 g/mol. The van der Waals surface area contributed by atoms with Crippen molar-refractivity contribution in [3.8, 4) is 0 Å². The minimum Gasteiger partial charge on any atom is -1.00 e. The Balaban J connectivity index is -0.000000283. The molecule has 0 aliphatic rings. The molecule has 0 bridgehead atoms. The molecule has 0 atom stereocenters. The van der Waals surface area contributed by atoms with Gasteiger partial charge in [-0.15, -0.1) is 0 Å². The Morgan fingerprint density at radius 1 is 0.708 bits per heavy atom. The number of aryl methyl sites for hydroxylation is 2. The molecule has 0 radical (unpaired) electrons. The summed E-state index contributed by atoms with van der Waals surface area (Å²) in [5.41, 5.74) is 2.97. The van der Waals surface area contributed by atoms with Crippen molar-refractivity contribution in [1.82, 2.24) is 0 Å². The first-order chi connectivity index (χ1) is 10.6. The summed E-state index contributed by atoms with van der Waals surface area (Å²) in [4.78, 5) is 0. The standard InChI is InChI=1S/2C9H13.C3H6.2ClH.Zr/c2*1-2-3-6-9-7-4-5-8-9;1-3-2;;;/h2*4-5,7-8H,2-3,6H2,1H3;1-2H3;2*1H;/q2*-1;;;;+2/p-2. The Hall–Kier alpha value is 0.0331. The van der Waals surface area contributed by atoms with Crippen molar-refractivity contribution in [3.05, 3.63) is 59.7 Å². The summed E-state index contributed by atoms with van der Waals surface area (Å²) in [5.74, 6) is 0. The third-order valence-corrected chi connectivity index (χ3v) is 3.10. The van der Waals surface area contributed by atoms with Gasteiger partial charge in [-0.25, -0.2) is 24.3 Å². The first-order valence-electron chi connectivity index (χ1n) is 8.53. The van der Waals surface area contributed by atoms with Crippen molar-refractivity contribution in [2.75, 3.05) is 0 Å². The molecule has 0 heterocycles. The number of halogens is 2. The van der Waals surface area contributed by atoms with Crippen molar-refractivity contribution in [2.24, 2.45) is 0 Å². The molecule has 0 fully saturated rings. The largest absolute Gasteiger partial charge is 1.00 e. The molecule has 2 aromatic rings. The normalized spacial score (nSPS) is 8.58. The fourth-order valence-corrected chi connectivity index (χ4v) is 1.92. The van der Waals surface area contributed by atoms with Crippen molar-refractivity contribution in [2.45, 2.75) is 66.2 Å². The van der Waals surface area contributed by atoms with Crippen LogP contribution in [0.3, 0.4) is 0 Å². The van der Waals surface area contributed by atoms with E-state index < -0.39 is 0 Å². The van der Waals surface area contributed by atoms with Crippen LogP contribution in [0.1, 0.15) is 64.5 Å². The fraction of sp³-hybridized carbons (Fsp3) is 0.476. The minimum absolute atomic E-state index is 0. The van der Waals surface area contributed by atoms with Gasteiger partial charge >= 0.3 is 41.3 Å². The van der Waals surface area contributed by atoms with Gasteiger partial charge in [0.05, 0.1) is 0 Å². The molecule has 0 unspecified atom stereocenters. The number of hydrogen-bond acceptors (Lipinski definition) is 0. The molecule has 0 aliphatic carbocycles. The summed E-state index contributed by atoms with van der Waals surface area (Å²) in [5, 5.41) is 0. The molecule has 2 aromatic carbocycles. The average Bonchev–Trinajstić information content (AvgIpc) is 3.16. The van der Waals surface area contributed by atoms with Gasteiger partial charge in [0, 0.05) is 0 Å². The van der Waals surface area contributed by atoms with Gasteiger partial charge in [0.25, 0.3) is 0 Å². The Kier molecular flexibility index (Phi) is 25.3. The summed E-state index contributed by atoms with van der Waals surface area (Å²) in [6.07, 6.45) is 7.75. The maximum atomic E-state index is 2.23. The second-order valence-corrected chi connectivity index (χ2v) is 8.25. The number of hydrogen-bond donors (Lipinski definition) is 0. The van der Waals surface area contributed by atoms with Gasteiger partial charge in [0.15, 0.2) is 0 Å². The maximum absolute atomic E-state index is 2.23. The predicted molar refractivity (Wildman–Crippen MR) is 97.6 cm³/mol. The quantitative estimate of drug-likeness (QED) is 0.558. The van der Waals surface area contributed by atoms with Gasteiger partial charge < -0.3 is 24.8 Å². The first kappa shape index (κ1) is 28.8. The zero-order chi connectivity index (χ0) is 16.6. The van der Waals surface area contributed by atoms with E-state index in [0.717, 1.165) is 0 Å². The van der Waals surface area contributed by atoms with E-state index in [-0.39, 0.29) is 24.8 Å². The van der Waals surface area contributed by atoms with E-state index in [9.17, 15) is 0 Å². The molecule has 0 aliphatic heterocycles. The van der Waals surface area contributed by atoms with E-state index in [4.69, 9.17) is 0 Å². The van der Waals surface area contributed by atoms with Crippen LogP contribution in [0.4, 0.5) is 0 Å². The Morgan fingerprint density at radius 2 is 0.958 bits per heavy atom. The van der Waals surface area contributed by atoms with Crippen LogP contribution in [-0.4, -0.2) is 3.21 Å². The molecule has 0 nitrogen and oxygen atoms in total. The molecular formula is C21H32Cl2Zr-2. The Bertz CT molecular complexity index is 402. The molecule has 136 valence electrons. The molecule has 0 aromatic heterocycles. The van der Waals surface area contributed by atoms with Crippen LogP contribution in [0.25, 0.3) is 0 Å². The second-order valence-electron chi connectivity index (χ2n) is 5.79.